The van der Waals surface area contributed by atoms with Crippen molar-refractivity contribution in [2.45, 2.75) is 34.2 Å². The molecule has 1 heterocycles. The smallest absolute Gasteiger partial charge is 0.272 e. The van der Waals surface area contributed by atoms with Gasteiger partial charge in [0.15, 0.2) is 0 Å². The van der Waals surface area contributed by atoms with Crippen LogP contribution < -0.4 is 5.56 Å². The highest BCUT2D eigenvalue weighted by Gasteiger charge is 2.08. The van der Waals surface area contributed by atoms with Crippen molar-refractivity contribution in [3.05, 3.63) is 27.4 Å². The molecule has 0 fully saturated rings. The minimum absolute atomic E-state index is 0.0276. The molecule has 14 heavy (non-hydrogen) atoms. The summed E-state index contributed by atoms with van der Waals surface area (Å²) >= 11 is 0. The first-order valence-electron chi connectivity index (χ1n) is 4.47. The van der Waals surface area contributed by atoms with Gasteiger partial charge in [-0.15, -0.1) is 0 Å². The normalized spacial score (nSPS) is 10.3. The van der Waals surface area contributed by atoms with Gasteiger partial charge in [0.1, 0.15) is 11.5 Å². The number of Topliss-reactive ketones (excluding diaryl/α,β-unsaturated/α-hetero) is 1. The van der Waals surface area contributed by atoms with E-state index in [-0.39, 0.29) is 17.9 Å². The summed E-state index contributed by atoms with van der Waals surface area (Å²) in [6, 6.07) is 0. The highest BCUT2D eigenvalue weighted by Crippen LogP contribution is 2.01. The zero-order chi connectivity index (χ0) is 10.9. The van der Waals surface area contributed by atoms with Crippen molar-refractivity contribution in [3.8, 4) is 0 Å². The molecule has 4 heteroatoms. The van der Waals surface area contributed by atoms with Gasteiger partial charge in [-0.05, 0) is 27.7 Å². The molecule has 0 radical (unpaired) electrons. The Balaban J connectivity index is 3.39. The Morgan fingerprint density at radius 3 is 2.36 bits per heavy atom. The highest BCUT2D eigenvalue weighted by molar-refractivity contribution is 5.75. The van der Waals surface area contributed by atoms with E-state index in [1.54, 1.807) is 13.8 Å². The monoisotopic (exact) mass is 194 g/mol. The minimum Gasteiger partial charge on any atom is -0.302 e. The molecule has 1 aromatic heterocycles. The average Bonchev–Trinajstić information content (AvgIpc) is 2.09. The van der Waals surface area contributed by atoms with Gasteiger partial charge in [-0.25, -0.2) is 0 Å². The first-order valence-corrected chi connectivity index (χ1v) is 4.47. The molecule has 0 aliphatic rings. The molecule has 0 N–H and O–H groups in total. The zero-order valence-corrected chi connectivity index (χ0v) is 8.92. The van der Waals surface area contributed by atoms with Crippen molar-refractivity contribution in [2.75, 3.05) is 0 Å². The average molecular weight is 194 g/mol. The molecule has 0 aliphatic heterocycles. The van der Waals surface area contributed by atoms with Gasteiger partial charge in [0.05, 0.1) is 12.2 Å². The molecular weight excluding hydrogens is 180 g/mol. The molecular formula is C10H14N2O2. The fraction of sp³-hybridized carbons (Fsp3) is 0.500. The van der Waals surface area contributed by atoms with Crippen LogP contribution in [0.15, 0.2) is 4.79 Å². The second-order valence-electron chi connectivity index (χ2n) is 3.46. The summed E-state index contributed by atoms with van der Waals surface area (Å²) in [4.78, 5) is 26.7. The van der Waals surface area contributed by atoms with Crippen LogP contribution in [0.3, 0.4) is 0 Å². The van der Waals surface area contributed by atoms with Crippen molar-refractivity contribution in [1.82, 2.24) is 9.55 Å². The lowest BCUT2D eigenvalue weighted by Crippen LogP contribution is -2.29. The quantitative estimate of drug-likeness (QED) is 0.698. The van der Waals surface area contributed by atoms with E-state index in [2.05, 4.69) is 4.98 Å². The van der Waals surface area contributed by atoms with Crippen LogP contribution in [0.4, 0.5) is 0 Å². The van der Waals surface area contributed by atoms with E-state index in [0.29, 0.717) is 5.69 Å². The van der Waals surface area contributed by atoms with Gasteiger partial charge in [0.25, 0.3) is 5.56 Å². The highest BCUT2D eigenvalue weighted by atomic mass is 16.1. The summed E-state index contributed by atoms with van der Waals surface area (Å²) in [6.07, 6.45) is 0. The number of rotatable bonds is 2. The molecule has 0 unspecified atom stereocenters. The molecule has 0 spiro atoms. The number of carbonyl (C=O) groups is 1. The Morgan fingerprint density at radius 1 is 1.29 bits per heavy atom. The number of aryl methyl sites for hydroxylation is 2. The van der Waals surface area contributed by atoms with Crippen molar-refractivity contribution in [3.63, 3.8) is 0 Å². The van der Waals surface area contributed by atoms with Crippen LogP contribution in [-0.4, -0.2) is 15.3 Å². The lowest BCUT2D eigenvalue weighted by atomic mass is 10.3. The van der Waals surface area contributed by atoms with Gasteiger partial charge in [0, 0.05) is 5.69 Å². The number of hydrogen-bond acceptors (Lipinski definition) is 3. The lowest BCUT2D eigenvalue weighted by Gasteiger charge is -2.10. The van der Waals surface area contributed by atoms with Gasteiger partial charge in [-0.3, -0.25) is 14.6 Å². The van der Waals surface area contributed by atoms with E-state index in [9.17, 15) is 9.59 Å². The van der Waals surface area contributed by atoms with Gasteiger partial charge in [0.2, 0.25) is 0 Å². The maximum atomic E-state index is 11.6. The first-order chi connectivity index (χ1) is 6.43. The van der Waals surface area contributed by atoms with Crippen LogP contribution in [0.25, 0.3) is 0 Å². The second-order valence-corrected chi connectivity index (χ2v) is 3.46. The van der Waals surface area contributed by atoms with E-state index in [1.165, 1.54) is 11.5 Å². The van der Waals surface area contributed by atoms with Crippen LogP contribution in [0.5, 0.6) is 0 Å². The molecule has 0 atom stereocenters. The number of hydrogen-bond donors (Lipinski definition) is 0. The molecule has 0 bridgehead atoms. The Morgan fingerprint density at radius 2 is 1.86 bits per heavy atom. The number of nitrogens with zero attached hydrogens (tertiary/aromatic N) is 2. The molecule has 0 saturated carbocycles. The molecule has 0 aromatic carbocycles. The first kappa shape index (κ1) is 10.6. The standard InChI is InChI=1S/C10H14N2O2/c1-6(13)5-12-9(4)7(2)11-8(3)10(12)14/h5H2,1-4H3. The van der Waals surface area contributed by atoms with Crippen LogP contribution >= 0.6 is 0 Å². The third kappa shape index (κ3) is 1.89. The largest absolute Gasteiger partial charge is 0.302 e. The SMILES string of the molecule is CC(=O)Cn1c(C)c(C)nc(C)c1=O. The van der Waals surface area contributed by atoms with Crippen molar-refractivity contribution in [2.24, 2.45) is 0 Å². The molecule has 76 valence electrons. The number of ketones is 1. The molecule has 1 rings (SSSR count). The maximum Gasteiger partial charge on any atom is 0.272 e. The minimum atomic E-state index is -0.177. The summed E-state index contributed by atoms with van der Waals surface area (Å²) < 4.78 is 1.47. The van der Waals surface area contributed by atoms with E-state index >= 15 is 0 Å². The van der Waals surface area contributed by atoms with Crippen molar-refractivity contribution < 1.29 is 4.79 Å². The summed E-state index contributed by atoms with van der Waals surface area (Å²) in [5.41, 5.74) is 1.82. The van der Waals surface area contributed by atoms with E-state index in [4.69, 9.17) is 0 Å². The van der Waals surface area contributed by atoms with Gasteiger partial charge in [-0.2, -0.15) is 0 Å². The maximum absolute atomic E-state index is 11.6. The zero-order valence-electron chi connectivity index (χ0n) is 8.92. The summed E-state index contributed by atoms with van der Waals surface area (Å²) in [7, 11) is 0. The Bertz CT molecular complexity index is 432. The summed E-state index contributed by atoms with van der Waals surface area (Å²) in [5, 5.41) is 0. The van der Waals surface area contributed by atoms with Crippen LogP contribution in [0.2, 0.25) is 0 Å². The summed E-state index contributed by atoms with van der Waals surface area (Å²) in [5.74, 6) is -0.0276. The second kappa shape index (κ2) is 3.74. The number of aromatic nitrogens is 2. The van der Waals surface area contributed by atoms with Crippen LogP contribution in [-0.2, 0) is 11.3 Å². The molecule has 0 saturated heterocycles. The molecule has 4 nitrogen and oxygen atoms in total. The Kier molecular flexibility index (Phi) is 2.84. The van der Waals surface area contributed by atoms with Crippen molar-refractivity contribution in [1.29, 1.82) is 0 Å². The van der Waals surface area contributed by atoms with Crippen LogP contribution in [0.1, 0.15) is 24.0 Å². The topological polar surface area (TPSA) is 52.0 Å². The molecule has 1 aromatic rings. The van der Waals surface area contributed by atoms with E-state index < -0.39 is 0 Å². The van der Waals surface area contributed by atoms with Crippen molar-refractivity contribution >= 4 is 5.78 Å². The lowest BCUT2D eigenvalue weighted by molar-refractivity contribution is -0.117. The van der Waals surface area contributed by atoms with Gasteiger partial charge in [-0.1, -0.05) is 0 Å². The Hall–Kier alpha value is -1.45. The van der Waals surface area contributed by atoms with E-state index in [0.717, 1.165) is 11.4 Å². The molecule has 0 aliphatic carbocycles. The number of carbonyl (C=O) groups excluding carboxylic acids is 1. The van der Waals surface area contributed by atoms with Crippen LogP contribution in [0, 0.1) is 20.8 Å². The Labute approximate surface area is 82.6 Å². The predicted molar refractivity (Wildman–Crippen MR) is 53.4 cm³/mol. The molecule has 0 amide bonds. The fourth-order valence-electron chi connectivity index (χ4n) is 1.34. The van der Waals surface area contributed by atoms with E-state index in [1.807, 2.05) is 6.92 Å². The fourth-order valence-corrected chi connectivity index (χ4v) is 1.34. The third-order valence-electron chi connectivity index (χ3n) is 2.20. The van der Waals surface area contributed by atoms with Gasteiger partial charge >= 0.3 is 0 Å². The van der Waals surface area contributed by atoms with Gasteiger partial charge < -0.3 is 4.57 Å². The third-order valence-corrected chi connectivity index (χ3v) is 2.20. The summed E-state index contributed by atoms with van der Waals surface area (Å²) in [6.45, 7) is 6.89. The predicted octanol–water partition coefficient (Wildman–Crippen LogP) is 0.758.